The number of alkyl halides is 1. The molecule has 15 heavy (non-hydrogen) atoms. The van der Waals surface area contributed by atoms with Crippen molar-refractivity contribution in [2.45, 2.75) is 40.1 Å². The Morgan fingerprint density at radius 1 is 1.20 bits per heavy atom. The van der Waals surface area contributed by atoms with Gasteiger partial charge in [-0.05, 0) is 17.7 Å². The van der Waals surface area contributed by atoms with Crippen molar-refractivity contribution in [1.29, 1.82) is 0 Å². The van der Waals surface area contributed by atoms with Gasteiger partial charge in [0.1, 0.15) is 5.75 Å². The zero-order chi connectivity index (χ0) is 11.9. The minimum atomic E-state index is -1.63. The Kier molecular flexibility index (Phi) is 5.94. The fourth-order valence-corrected chi connectivity index (χ4v) is 0.974. The topological polar surface area (TPSA) is 35.2 Å². The van der Waals surface area contributed by atoms with Crippen molar-refractivity contribution in [2.24, 2.45) is 5.73 Å². The summed E-state index contributed by atoms with van der Waals surface area (Å²) in [5, 5.41) is 0. The molecule has 0 spiro atoms. The highest BCUT2D eigenvalue weighted by Gasteiger charge is 2.16. The molecule has 0 saturated carbocycles. The summed E-state index contributed by atoms with van der Waals surface area (Å²) in [5.74, 6) is -1.12. The second-order valence-corrected chi connectivity index (χ2v) is 3.31. The summed E-state index contributed by atoms with van der Waals surface area (Å²) in [6.45, 7) is 7.22. The van der Waals surface area contributed by atoms with Crippen molar-refractivity contribution >= 4 is 0 Å². The van der Waals surface area contributed by atoms with E-state index < -0.39 is 5.85 Å². The molecule has 3 heteroatoms. The predicted molar refractivity (Wildman–Crippen MR) is 61.5 cm³/mol. The highest BCUT2D eigenvalue weighted by atomic mass is 19.2. The molecule has 0 fully saturated rings. The van der Waals surface area contributed by atoms with Crippen molar-refractivity contribution in [1.82, 2.24) is 0 Å². The highest BCUT2D eigenvalue weighted by molar-refractivity contribution is 5.27. The van der Waals surface area contributed by atoms with Crippen LogP contribution in [0.1, 0.15) is 33.3 Å². The van der Waals surface area contributed by atoms with E-state index in [1.54, 1.807) is 12.1 Å². The first-order valence-corrected chi connectivity index (χ1v) is 5.18. The SMILES string of the molecule is CC.CC(C)(F)Oc1ccc(CN)cc1. The Balaban J connectivity index is 0.000000921. The third kappa shape index (κ3) is 6.07. The Morgan fingerprint density at radius 3 is 2.00 bits per heavy atom. The molecule has 0 radical (unpaired) electrons. The number of hydrogen-bond acceptors (Lipinski definition) is 2. The van der Waals surface area contributed by atoms with Gasteiger partial charge in [0, 0.05) is 20.4 Å². The number of nitrogens with two attached hydrogens (primary N) is 1. The van der Waals surface area contributed by atoms with Gasteiger partial charge in [-0.15, -0.1) is 0 Å². The predicted octanol–water partition coefficient (Wildman–Crippen LogP) is 3.26. The van der Waals surface area contributed by atoms with E-state index in [-0.39, 0.29) is 0 Å². The third-order valence-electron chi connectivity index (χ3n) is 1.52. The van der Waals surface area contributed by atoms with E-state index in [0.29, 0.717) is 12.3 Å². The lowest BCUT2D eigenvalue weighted by molar-refractivity contribution is -0.0257. The van der Waals surface area contributed by atoms with Gasteiger partial charge in [0.05, 0.1) is 0 Å². The van der Waals surface area contributed by atoms with E-state index in [1.807, 2.05) is 26.0 Å². The molecule has 0 aliphatic heterocycles. The quantitative estimate of drug-likeness (QED) is 0.836. The normalized spacial score (nSPS) is 10.3. The highest BCUT2D eigenvalue weighted by Crippen LogP contribution is 2.19. The van der Waals surface area contributed by atoms with Crippen LogP contribution in [0.25, 0.3) is 0 Å². The van der Waals surface area contributed by atoms with Crippen molar-refractivity contribution in [3.8, 4) is 5.75 Å². The van der Waals surface area contributed by atoms with Crippen molar-refractivity contribution in [2.75, 3.05) is 0 Å². The first-order valence-electron chi connectivity index (χ1n) is 5.18. The molecule has 0 aliphatic carbocycles. The molecule has 1 aromatic rings. The Labute approximate surface area is 91.2 Å². The number of halogens is 1. The number of benzene rings is 1. The Hall–Kier alpha value is -1.09. The summed E-state index contributed by atoms with van der Waals surface area (Å²) >= 11 is 0. The van der Waals surface area contributed by atoms with E-state index in [1.165, 1.54) is 13.8 Å². The van der Waals surface area contributed by atoms with Crippen molar-refractivity contribution < 1.29 is 9.13 Å². The van der Waals surface area contributed by atoms with Gasteiger partial charge in [0.2, 0.25) is 5.85 Å². The molecule has 1 aromatic carbocycles. The van der Waals surface area contributed by atoms with E-state index >= 15 is 0 Å². The Bertz CT molecular complexity index is 264. The van der Waals surface area contributed by atoms with Gasteiger partial charge in [-0.25, -0.2) is 0 Å². The number of ether oxygens (including phenoxy) is 1. The fourth-order valence-electron chi connectivity index (χ4n) is 0.974. The van der Waals surface area contributed by atoms with Crippen LogP contribution in [-0.4, -0.2) is 5.85 Å². The summed E-state index contributed by atoms with van der Waals surface area (Å²) in [6, 6.07) is 7.06. The molecule has 0 unspecified atom stereocenters. The van der Waals surface area contributed by atoms with Crippen molar-refractivity contribution in [3.05, 3.63) is 29.8 Å². The largest absolute Gasteiger partial charge is 0.459 e. The van der Waals surface area contributed by atoms with Gasteiger partial charge >= 0.3 is 0 Å². The standard InChI is InChI=1S/C10H14FNO.C2H6/c1-10(2,11)13-9-5-3-8(7-12)4-6-9;1-2/h3-6H,7,12H2,1-2H3;1-2H3. The minimum Gasteiger partial charge on any atom is -0.459 e. The van der Waals surface area contributed by atoms with E-state index in [2.05, 4.69) is 0 Å². The molecule has 0 aliphatic rings. The van der Waals surface area contributed by atoms with Gasteiger partial charge in [0.15, 0.2) is 0 Å². The molecule has 2 nitrogen and oxygen atoms in total. The third-order valence-corrected chi connectivity index (χ3v) is 1.52. The maximum atomic E-state index is 13.0. The molecule has 0 bridgehead atoms. The van der Waals surface area contributed by atoms with Gasteiger partial charge < -0.3 is 10.5 Å². The van der Waals surface area contributed by atoms with E-state index in [0.717, 1.165) is 5.56 Å². The summed E-state index contributed by atoms with van der Waals surface area (Å²) in [4.78, 5) is 0. The van der Waals surface area contributed by atoms with Gasteiger partial charge in [-0.2, -0.15) is 4.39 Å². The molecule has 0 amide bonds. The van der Waals surface area contributed by atoms with Crippen LogP contribution in [0.3, 0.4) is 0 Å². The average Bonchev–Trinajstić information content (AvgIpc) is 2.20. The second-order valence-electron chi connectivity index (χ2n) is 3.31. The molecular formula is C12H20FNO. The first kappa shape index (κ1) is 13.9. The average molecular weight is 213 g/mol. The summed E-state index contributed by atoms with van der Waals surface area (Å²) in [7, 11) is 0. The molecule has 86 valence electrons. The lowest BCUT2D eigenvalue weighted by Crippen LogP contribution is -2.20. The summed E-state index contributed by atoms with van der Waals surface area (Å²) < 4.78 is 18.0. The maximum Gasteiger partial charge on any atom is 0.242 e. The van der Waals surface area contributed by atoms with Crippen LogP contribution >= 0.6 is 0 Å². The van der Waals surface area contributed by atoms with Crippen LogP contribution in [0, 0.1) is 0 Å². The summed E-state index contributed by atoms with van der Waals surface area (Å²) in [5.41, 5.74) is 6.42. The molecule has 0 atom stereocenters. The maximum absolute atomic E-state index is 13.0. The van der Waals surface area contributed by atoms with Crippen molar-refractivity contribution in [3.63, 3.8) is 0 Å². The van der Waals surface area contributed by atoms with Crippen LogP contribution in [-0.2, 0) is 6.54 Å². The molecule has 0 saturated heterocycles. The molecule has 2 N–H and O–H groups in total. The minimum absolute atomic E-state index is 0.485. The summed E-state index contributed by atoms with van der Waals surface area (Å²) in [6.07, 6.45) is 0. The lowest BCUT2D eigenvalue weighted by atomic mass is 10.2. The van der Waals surface area contributed by atoms with Gasteiger partial charge in [0.25, 0.3) is 0 Å². The second kappa shape index (κ2) is 6.40. The number of hydrogen-bond donors (Lipinski definition) is 1. The van der Waals surface area contributed by atoms with Gasteiger partial charge in [-0.3, -0.25) is 0 Å². The Morgan fingerprint density at radius 2 is 1.67 bits per heavy atom. The van der Waals surface area contributed by atoms with Crippen LogP contribution in [0.4, 0.5) is 4.39 Å². The van der Waals surface area contributed by atoms with E-state index in [9.17, 15) is 4.39 Å². The number of rotatable bonds is 3. The smallest absolute Gasteiger partial charge is 0.242 e. The lowest BCUT2D eigenvalue weighted by Gasteiger charge is -2.16. The zero-order valence-corrected chi connectivity index (χ0v) is 9.88. The molecular weight excluding hydrogens is 193 g/mol. The fraction of sp³-hybridized carbons (Fsp3) is 0.500. The molecule has 0 heterocycles. The monoisotopic (exact) mass is 213 g/mol. The van der Waals surface area contributed by atoms with Crippen LogP contribution in [0.2, 0.25) is 0 Å². The van der Waals surface area contributed by atoms with Crippen LogP contribution in [0.15, 0.2) is 24.3 Å². The van der Waals surface area contributed by atoms with E-state index in [4.69, 9.17) is 10.5 Å². The van der Waals surface area contributed by atoms with Crippen LogP contribution < -0.4 is 10.5 Å². The molecule has 0 aromatic heterocycles. The van der Waals surface area contributed by atoms with Gasteiger partial charge in [-0.1, -0.05) is 26.0 Å². The zero-order valence-electron chi connectivity index (χ0n) is 9.88. The van der Waals surface area contributed by atoms with Crippen LogP contribution in [0.5, 0.6) is 5.75 Å². The molecule has 1 rings (SSSR count). The first-order chi connectivity index (χ1) is 7.01.